The lowest BCUT2D eigenvalue weighted by Crippen LogP contribution is -2.86. The van der Waals surface area contributed by atoms with Crippen molar-refractivity contribution >= 4 is 70.7 Å². The molecule has 0 spiro atoms. The number of hydrogen-bond acceptors (Lipinski definition) is 4. The number of rotatable bonds is 12. The fourth-order valence-electron chi connectivity index (χ4n) is 11.6. The maximum absolute atomic E-state index is 7.58. The van der Waals surface area contributed by atoms with Crippen molar-refractivity contribution < 1.29 is 8.85 Å². The third-order valence-corrected chi connectivity index (χ3v) is 146. The molecule has 3 rings (SSSR count). The Morgan fingerprint density at radius 2 is 0.612 bits per heavy atom. The Morgan fingerprint density at radius 3 is 0.796 bits per heavy atom. The zero-order valence-electron chi connectivity index (χ0n) is 35.9. The van der Waals surface area contributed by atoms with E-state index in [1.54, 1.807) is 0 Å². The average Bonchev–Trinajstić information content (AvgIpc) is 3.29. The quantitative estimate of drug-likeness (QED) is 0.200. The SMILES string of the molecule is Cc1cc(O[Si]([Si](C)(C)C)([Si](C)(C)C)[Si](C)(C)C)cc(C)c1N1[C]N(c2c(C)cc(O[Si]([Si](C)(C)C)([Si](C)(C)C)[Si](C)(C)C)cc2C)CC1. The van der Waals surface area contributed by atoms with Gasteiger partial charge in [-0.3, -0.25) is 0 Å². The molecule has 2 aromatic rings. The van der Waals surface area contributed by atoms with E-state index in [1.807, 2.05) is 0 Å². The Morgan fingerprint density at radius 1 is 0.408 bits per heavy atom. The molecule has 1 aliphatic rings. The van der Waals surface area contributed by atoms with E-state index < -0.39 is 59.3 Å². The second kappa shape index (κ2) is 13.7. The van der Waals surface area contributed by atoms with Gasteiger partial charge in [0.2, 0.25) is 20.4 Å². The summed E-state index contributed by atoms with van der Waals surface area (Å²) in [6.45, 7) is 57.5. The molecule has 0 saturated carbocycles. The van der Waals surface area contributed by atoms with E-state index in [0.29, 0.717) is 0 Å². The van der Waals surface area contributed by atoms with Crippen LogP contribution in [0.25, 0.3) is 0 Å². The summed E-state index contributed by atoms with van der Waals surface area (Å²) in [4.78, 5) is 4.72. The first kappa shape index (κ1) is 42.8. The third-order valence-electron chi connectivity index (χ3n) is 11.1. The molecule has 1 heterocycles. The third kappa shape index (κ3) is 7.72. The molecular formula is C37H74N2O2Si8. The van der Waals surface area contributed by atoms with Crippen LogP contribution in [0.4, 0.5) is 11.4 Å². The second-order valence-electron chi connectivity index (χ2n) is 21.3. The highest BCUT2D eigenvalue weighted by Gasteiger charge is 2.66. The monoisotopic (exact) mass is 802 g/mol. The smallest absolute Gasteiger partial charge is 0.208 e. The summed E-state index contributed by atoms with van der Waals surface area (Å²) in [5.74, 6) is 2.23. The van der Waals surface area contributed by atoms with E-state index in [4.69, 9.17) is 8.85 Å². The van der Waals surface area contributed by atoms with Crippen molar-refractivity contribution in [3.63, 3.8) is 0 Å². The van der Waals surface area contributed by atoms with Gasteiger partial charge >= 0.3 is 0 Å². The van der Waals surface area contributed by atoms with E-state index in [1.165, 1.54) is 33.6 Å². The van der Waals surface area contributed by atoms with E-state index in [0.717, 1.165) is 24.6 Å². The molecule has 49 heavy (non-hydrogen) atoms. The molecule has 0 N–H and O–H groups in total. The van der Waals surface area contributed by atoms with E-state index in [-0.39, 0.29) is 0 Å². The fourth-order valence-corrected chi connectivity index (χ4v) is 198. The van der Waals surface area contributed by atoms with Gasteiger partial charge in [0.15, 0.2) is 0 Å². The molecule has 0 amide bonds. The lowest BCUT2D eigenvalue weighted by atomic mass is 10.1. The Balaban J connectivity index is 1.98. The molecule has 1 aliphatic heterocycles. The largest absolute Gasteiger partial charge is 0.552 e. The molecular weight excluding hydrogens is 729 g/mol. The molecule has 1 fully saturated rings. The summed E-state index contributed by atoms with van der Waals surface area (Å²) >= 11 is 0. The van der Waals surface area contributed by atoms with Gasteiger partial charge in [0, 0.05) is 24.5 Å². The van der Waals surface area contributed by atoms with Crippen LogP contribution in [-0.2, 0) is 0 Å². The summed E-state index contributed by atoms with van der Waals surface area (Å²) in [6, 6.07) is 9.40. The Kier molecular flexibility index (Phi) is 11.9. The molecule has 2 aromatic carbocycles. The van der Waals surface area contributed by atoms with E-state index >= 15 is 0 Å². The van der Waals surface area contributed by atoms with Crippen LogP contribution < -0.4 is 18.7 Å². The molecule has 12 heteroatoms. The molecule has 0 bridgehead atoms. The van der Waals surface area contributed by atoms with Crippen LogP contribution in [0.2, 0.25) is 118 Å². The second-order valence-corrected chi connectivity index (χ2v) is 100. The number of anilines is 2. The molecule has 276 valence electrons. The fraction of sp³-hybridized carbons (Fsp3) is 0.649. The molecule has 0 unspecified atom stereocenters. The number of hydrogen-bond donors (Lipinski definition) is 0. The van der Waals surface area contributed by atoms with Gasteiger partial charge in [-0.25, -0.2) is 0 Å². The van der Waals surface area contributed by atoms with Gasteiger partial charge in [0.05, 0.1) is 45.5 Å². The van der Waals surface area contributed by atoms with Gasteiger partial charge in [-0.1, -0.05) is 118 Å². The topological polar surface area (TPSA) is 24.9 Å². The highest BCUT2D eigenvalue weighted by Crippen LogP contribution is 2.43. The Labute approximate surface area is 310 Å². The van der Waals surface area contributed by atoms with E-state index in [9.17, 15) is 0 Å². The summed E-state index contributed by atoms with van der Waals surface area (Å²) in [7, 11) is -9.35. The number of benzene rings is 2. The zero-order valence-corrected chi connectivity index (χ0v) is 43.9. The molecule has 2 radical (unpaired) electrons. The van der Waals surface area contributed by atoms with Crippen LogP contribution in [-0.4, -0.2) is 72.4 Å². The van der Waals surface area contributed by atoms with Crippen LogP contribution in [0.5, 0.6) is 11.5 Å². The minimum atomic E-state index is -1.98. The lowest BCUT2D eigenvalue weighted by Gasteiger charge is -2.55. The normalized spacial score (nSPS) is 16.0. The van der Waals surface area contributed by atoms with Crippen molar-refractivity contribution in [3.8, 4) is 11.5 Å². The summed E-state index contributed by atoms with van der Waals surface area (Å²) in [6.07, 6.45) is 0. The summed E-state index contributed by atoms with van der Waals surface area (Å²) < 4.78 is 15.2. The van der Waals surface area contributed by atoms with Gasteiger partial charge in [0.1, 0.15) is 11.5 Å². The first-order valence-electron chi connectivity index (χ1n) is 18.7. The zero-order chi connectivity index (χ0) is 38.1. The molecule has 4 nitrogen and oxygen atoms in total. The summed E-state index contributed by atoms with van der Waals surface area (Å²) in [5.41, 5.74) is 7.71. The predicted molar refractivity (Wildman–Crippen MR) is 243 cm³/mol. The van der Waals surface area contributed by atoms with Gasteiger partial charge in [-0.15, -0.1) is 0 Å². The van der Waals surface area contributed by atoms with Crippen LogP contribution in [0, 0.1) is 34.4 Å². The maximum atomic E-state index is 7.58. The highest BCUT2D eigenvalue weighted by atomic mass is 29.9. The van der Waals surface area contributed by atoms with E-state index in [2.05, 4.69) is 186 Å². The van der Waals surface area contributed by atoms with Crippen LogP contribution in [0.1, 0.15) is 22.3 Å². The van der Waals surface area contributed by atoms with Gasteiger partial charge in [-0.05, 0) is 74.2 Å². The lowest BCUT2D eigenvalue weighted by molar-refractivity contribution is 0.585. The molecule has 0 aromatic heterocycles. The van der Waals surface area contributed by atoms with Gasteiger partial charge in [0.25, 0.3) is 0 Å². The van der Waals surface area contributed by atoms with Crippen molar-refractivity contribution in [2.45, 2.75) is 146 Å². The summed E-state index contributed by atoms with van der Waals surface area (Å²) in [5, 5.41) is 0. The van der Waals surface area contributed by atoms with Crippen LogP contribution in [0.3, 0.4) is 0 Å². The number of nitrogens with zero attached hydrogens (tertiary/aromatic N) is 2. The maximum Gasteiger partial charge on any atom is 0.208 e. The minimum absolute atomic E-state index is 0.924. The molecule has 1 saturated heterocycles. The Bertz CT molecular complexity index is 1290. The van der Waals surface area contributed by atoms with Gasteiger partial charge < -0.3 is 18.7 Å². The average molecular weight is 804 g/mol. The van der Waals surface area contributed by atoms with Crippen molar-refractivity contribution in [1.82, 2.24) is 0 Å². The Hall–Kier alpha value is -0.625. The van der Waals surface area contributed by atoms with Crippen molar-refractivity contribution in [1.29, 1.82) is 0 Å². The predicted octanol–water partition coefficient (Wildman–Crippen LogP) is 11.4. The number of aryl methyl sites for hydroxylation is 4. The van der Waals surface area contributed by atoms with Gasteiger partial charge in [-0.2, -0.15) is 0 Å². The van der Waals surface area contributed by atoms with Crippen molar-refractivity contribution in [2.24, 2.45) is 0 Å². The highest BCUT2D eigenvalue weighted by molar-refractivity contribution is 7.88. The van der Waals surface area contributed by atoms with Crippen LogP contribution >= 0.6 is 0 Å². The van der Waals surface area contributed by atoms with Crippen molar-refractivity contribution in [3.05, 3.63) is 53.2 Å². The standard InChI is InChI=1S/C37H74N2O2Si8/c1-30-25-34(40-48(42(5,6)7,43(8,9)10)44(11,12)13)26-31(2)36(30)38-23-24-39(29-38)37-32(3)27-35(28-33(37)4)41-49(45(14,15)16,46(17,18)19)47(20,21)22/h25-28H,23-24H2,1-22H3. The first-order chi connectivity index (χ1) is 21.7. The van der Waals surface area contributed by atoms with Crippen molar-refractivity contribution in [2.75, 3.05) is 22.9 Å². The first-order valence-corrected chi connectivity index (χ1v) is 49.5. The van der Waals surface area contributed by atoms with Crippen LogP contribution in [0.15, 0.2) is 24.3 Å². The molecule has 0 atom stereocenters. The minimum Gasteiger partial charge on any atom is -0.552 e. The molecule has 0 aliphatic carbocycles.